The van der Waals surface area contributed by atoms with Crippen molar-refractivity contribution < 1.29 is 18.7 Å². The van der Waals surface area contributed by atoms with E-state index in [9.17, 15) is 4.79 Å². The first-order valence-corrected chi connectivity index (χ1v) is 10.7. The fourth-order valence-corrected chi connectivity index (χ4v) is 4.04. The van der Waals surface area contributed by atoms with Gasteiger partial charge in [-0.25, -0.2) is 4.98 Å². The van der Waals surface area contributed by atoms with E-state index in [1.807, 2.05) is 42.6 Å². The molecule has 1 amide bonds. The van der Waals surface area contributed by atoms with Crippen LogP contribution in [0.1, 0.15) is 16.3 Å². The molecule has 0 aliphatic carbocycles. The van der Waals surface area contributed by atoms with Crippen LogP contribution in [0.5, 0.6) is 11.5 Å². The largest absolute Gasteiger partial charge is 0.493 e. The van der Waals surface area contributed by atoms with Gasteiger partial charge in [-0.05, 0) is 36.6 Å². The van der Waals surface area contributed by atoms with Gasteiger partial charge in [0, 0.05) is 16.2 Å². The molecule has 0 bridgehead atoms. The van der Waals surface area contributed by atoms with Crippen molar-refractivity contribution in [2.45, 2.75) is 19.2 Å². The van der Waals surface area contributed by atoms with Gasteiger partial charge in [-0.2, -0.15) is 0 Å². The standard InChI is InChI=1S/C20H22N2O4S2/c1-13-16(11-27-12-19(23)21-10-15-5-4-8-28-15)22-20(26-13)14-6-7-17(24-2)18(9-14)25-3/h4-9H,10-12H2,1-3H3,(H,21,23). The Kier molecular flexibility index (Phi) is 7.00. The second kappa shape index (κ2) is 9.66. The van der Waals surface area contributed by atoms with E-state index in [2.05, 4.69) is 10.3 Å². The lowest BCUT2D eigenvalue weighted by Crippen LogP contribution is -2.24. The molecule has 0 saturated carbocycles. The normalized spacial score (nSPS) is 10.7. The Labute approximate surface area is 172 Å². The highest BCUT2D eigenvalue weighted by Crippen LogP contribution is 2.33. The van der Waals surface area contributed by atoms with Crippen LogP contribution in [0, 0.1) is 6.92 Å². The second-order valence-electron chi connectivity index (χ2n) is 5.94. The van der Waals surface area contributed by atoms with Crippen molar-refractivity contribution >= 4 is 29.0 Å². The van der Waals surface area contributed by atoms with Crippen LogP contribution in [0.2, 0.25) is 0 Å². The highest BCUT2D eigenvalue weighted by Gasteiger charge is 2.14. The van der Waals surface area contributed by atoms with Crippen molar-refractivity contribution in [3.05, 3.63) is 52.0 Å². The number of hydrogen-bond donors (Lipinski definition) is 1. The summed E-state index contributed by atoms with van der Waals surface area (Å²) in [5.41, 5.74) is 1.64. The number of nitrogens with one attached hydrogen (secondary N) is 1. The highest BCUT2D eigenvalue weighted by atomic mass is 32.2. The molecule has 0 atom stereocenters. The first-order chi connectivity index (χ1) is 13.6. The van der Waals surface area contributed by atoms with Crippen LogP contribution >= 0.6 is 23.1 Å². The molecule has 0 unspecified atom stereocenters. The van der Waals surface area contributed by atoms with E-state index >= 15 is 0 Å². The van der Waals surface area contributed by atoms with Crippen molar-refractivity contribution in [1.29, 1.82) is 0 Å². The molecule has 0 aliphatic rings. The molecule has 1 aromatic carbocycles. The summed E-state index contributed by atoms with van der Waals surface area (Å²) in [6.45, 7) is 2.45. The molecule has 0 aliphatic heterocycles. The number of carbonyl (C=O) groups excluding carboxylic acids is 1. The number of carbonyl (C=O) groups is 1. The molecule has 2 aromatic heterocycles. The van der Waals surface area contributed by atoms with Crippen molar-refractivity contribution in [1.82, 2.24) is 10.3 Å². The zero-order valence-corrected chi connectivity index (χ0v) is 17.6. The average molecular weight is 419 g/mol. The van der Waals surface area contributed by atoms with Gasteiger partial charge in [0.15, 0.2) is 11.5 Å². The zero-order chi connectivity index (χ0) is 19.9. The zero-order valence-electron chi connectivity index (χ0n) is 16.0. The van der Waals surface area contributed by atoms with Crippen molar-refractivity contribution in [2.24, 2.45) is 0 Å². The van der Waals surface area contributed by atoms with Crippen LogP contribution in [0.3, 0.4) is 0 Å². The molecule has 3 rings (SSSR count). The molecule has 0 saturated heterocycles. The molecule has 0 fully saturated rings. The predicted octanol–water partition coefficient (Wildman–Crippen LogP) is 4.28. The molecule has 6 nitrogen and oxygen atoms in total. The van der Waals surface area contributed by atoms with E-state index in [0.717, 1.165) is 21.9 Å². The van der Waals surface area contributed by atoms with Gasteiger partial charge in [0.2, 0.25) is 11.8 Å². The first kappa shape index (κ1) is 20.3. The van der Waals surface area contributed by atoms with Crippen LogP contribution < -0.4 is 14.8 Å². The van der Waals surface area contributed by atoms with Crippen molar-refractivity contribution in [2.75, 3.05) is 20.0 Å². The SMILES string of the molecule is COc1ccc(-c2nc(CSCC(=O)NCc3cccs3)c(C)o2)cc1OC. The topological polar surface area (TPSA) is 73.6 Å². The van der Waals surface area contributed by atoms with Gasteiger partial charge in [-0.3, -0.25) is 4.79 Å². The Hall–Kier alpha value is -2.45. The quantitative estimate of drug-likeness (QED) is 0.559. The number of aryl methyl sites for hydroxylation is 1. The van der Waals surface area contributed by atoms with E-state index in [4.69, 9.17) is 13.9 Å². The maximum atomic E-state index is 12.0. The lowest BCUT2D eigenvalue weighted by Gasteiger charge is -2.07. The van der Waals surface area contributed by atoms with E-state index in [1.165, 1.54) is 11.8 Å². The minimum atomic E-state index is 0.0136. The Morgan fingerprint density at radius 1 is 1.25 bits per heavy atom. The number of amides is 1. The third-order valence-corrected chi connectivity index (χ3v) is 5.86. The van der Waals surface area contributed by atoms with Gasteiger partial charge in [0.25, 0.3) is 0 Å². The van der Waals surface area contributed by atoms with E-state index in [1.54, 1.807) is 25.6 Å². The molecule has 148 valence electrons. The monoisotopic (exact) mass is 418 g/mol. The van der Waals surface area contributed by atoms with Crippen LogP contribution in [-0.4, -0.2) is 30.9 Å². The van der Waals surface area contributed by atoms with Crippen LogP contribution in [0.4, 0.5) is 0 Å². The van der Waals surface area contributed by atoms with Crippen molar-refractivity contribution in [3.63, 3.8) is 0 Å². The number of rotatable bonds is 9. The third-order valence-electron chi connectivity index (χ3n) is 4.03. The summed E-state index contributed by atoms with van der Waals surface area (Å²) in [4.78, 5) is 17.7. The Bertz CT molecular complexity index is 922. The molecule has 8 heteroatoms. The number of thioether (sulfide) groups is 1. The summed E-state index contributed by atoms with van der Waals surface area (Å²) in [7, 11) is 3.19. The van der Waals surface area contributed by atoms with Gasteiger partial charge in [0.05, 0.1) is 32.2 Å². The predicted molar refractivity (Wildman–Crippen MR) is 112 cm³/mol. The minimum absolute atomic E-state index is 0.0136. The Balaban J connectivity index is 1.56. The minimum Gasteiger partial charge on any atom is -0.493 e. The Morgan fingerprint density at radius 2 is 2.07 bits per heavy atom. The number of aromatic nitrogens is 1. The van der Waals surface area contributed by atoms with Gasteiger partial charge >= 0.3 is 0 Å². The number of oxazole rings is 1. The summed E-state index contributed by atoms with van der Waals surface area (Å²) in [6, 6.07) is 9.51. The number of thiophene rings is 1. The van der Waals surface area contributed by atoms with Crippen LogP contribution in [0.15, 0.2) is 40.1 Å². The number of ether oxygens (including phenoxy) is 2. The molecule has 2 heterocycles. The van der Waals surface area contributed by atoms with Gasteiger partial charge in [-0.1, -0.05) is 6.07 Å². The smallest absolute Gasteiger partial charge is 0.230 e. The number of hydrogen-bond acceptors (Lipinski definition) is 7. The molecular formula is C20H22N2O4S2. The first-order valence-electron chi connectivity index (χ1n) is 8.66. The number of nitrogens with zero attached hydrogens (tertiary/aromatic N) is 1. The fraction of sp³-hybridized carbons (Fsp3) is 0.300. The summed E-state index contributed by atoms with van der Waals surface area (Å²) < 4.78 is 16.4. The number of methoxy groups -OCH3 is 2. The summed E-state index contributed by atoms with van der Waals surface area (Å²) in [5.74, 6) is 3.54. The lowest BCUT2D eigenvalue weighted by atomic mass is 10.2. The van der Waals surface area contributed by atoms with E-state index in [-0.39, 0.29) is 5.91 Å². The molecule has 3 aromatic rings. The summed E-state index contributed by atoms with van der Waals surface area (Å²) >= 11 is 3.14. The summed E-state index contributed by atoms with van der Waals surface area (Å²) in [6.07, 6.45) is 0. The Morgan fingerprint density at radius 3 is 2.79 bits per heavy atom. The van der Waals surface area contributed by atoms with E-state index in [0.29, 0.717) is 35.4 Å². The van der Waals surface area contributed by atoms with E-state index < -0.39 is 0 Å². The molecule has 28 heavy (non-hydrogen) atoms. The highest BCUT2D eigenvalue weighted by molar-refractivity contribution is 7.99. The number of benzene rings is 1. The van der Waals surface area contributed by atoms with Gasteiger partial charge < -0.3 is 19.2 Å². The van der Waals surface area contributed by atoms with Crippen LogP contribution in [0.25, 0.3) is 11.5 Å². The molecular weight excluding hydrogens is 396 g/mol. The van der Waals surface area contributed by atoms with Gasteiger partial charge in [0.1, 0.15) is 5.76 Å². The fourth-order valence-electron chi connectivity index (χ4n) is 2.54. The molecule has 0 spiro atoms. The lowest BCUT2D eigenvalue weighted by molar-refractivity contribution is -0.118. The van der Waals surface area contributed by atoms with Crippen LogP contribution in [-0.2, 0) is 17.1 Å². The third kappa shape index (κ3) is 5.08. The molecule has 1 N–H and O–H groups in total. The van der Waals surface area contributed by atoms with Crippen molar-refractivity contribution in [3.8, 4) is 23.0 Å². The molecule has 0 radical (unpaired) electrons. The maximum absolute atomic E-state index is 12.0. The average Bonchev–Trinajstić information content (AvgIpc) is 3.36. The van der Waals surface area contributed by atoms with Gasteiger partial charge in [-0.15, -0.1) is 23.1 Å². The summed E-state index contributed by atoms with van der Waals surface area (Å²) in [5, 5.41) is 4.92. The maximum Gasteiger partial charge on any atom is 0.230 e. The second-order valence-corrected chi connectivity index (χ2v) is 7.96.